The zero-order valence-corrected chi connectivity index (χ0v) is 16.1. The molecule has 2 fully saturated rings. The van der Waals surface area contributed by atoms with Gasteiger partial charge in [0, 0.05) is 6.54 Å². The van der Waals surface area contributed by atoms with Crippen LogP contribution in [0.1, 0.15) is 59.9 Å². The number of piperidine rings is 1. The van der Waals surface area contributed by atoms with E-state index >= 15 is 0 Å². The molecule has 0 bridgehead atoms. The van der Waals surface area contributed by atoms with Crippen LogP contribution in [0, 0.1) is 12.3 Å². The van der Waals surface area contributed by atoms with Gasteiger partial charge in [0.05, 0.1) is 11.7 Å². The molecule has 2 N–H and O–H groups in total. The molecule has 27 heavy (non-hydrogen) atoms. The first-order chi connectivity index (χ1) is 13.2. The van der Waals surface area contributed by atoms with Crippen molar-refractivity contribution in [2.75, 3.05) is 19.6 Å². The number of benzene rings is 1. The summed E-state index contributed by atoms with van der Waals surface area (Å²) in [7, 11) is 0. The van der Waals surface area contributed by atoms with Gasteiger partial charge in [-0.25, -0.2) is 4.68 Å². The smallest absolute Gasteiger partial charge is 0.273 e. The normalized spacial score (nSPS) is 19.4. The summed E-state index contributed by atoms with van der Waals surface area (Å²) in [5.74, 6) is -0.0907. The maximum Gasteiger partial charge on any atom is 0.273 e. The Balaban J connectivity index is 1.39. The number of hydrogen-bond acceptors (Lipinski definition) is 4. The highest BCUT2D eigenvalue weighted by molar-refractivity contribution is 5.93. The number of carbonyl (C=O) groups excluding carboxylic acids is 1. The maximum absolute atomic E-state index is 12.8. The van der Waals surface area contributed by atoms with Crippen LogP contribution in [0.15, 0.2) is 30.3 Å². The largest absolute Gasteiger partial charge is 0.350 e. The van der Waals surface area contributed by atoms with E-state index in [0.717, 1.165) is 38.0 Å². The lowest BCUT2D eigenvalue weighted by atomic mass is 9.65. The topological polar surface area (TPSA) is 71.8 Å². The molecule has 2 aromatic rings. The first-order valence-electron chi connectivity index (χ1n) is 10.1. The Morgan fingerprint density at radius 2 is 2.00 bits per heavy atom. The Morgan fingerprint density at radius 3 is 2.67 bits per heavy atom. The lowest BCUT2D eigenvalue weighted by Crippen LogP contribution is -2.43. The summed E-state index contributed by atoms with van der Waals surface area (Å²) in [6.45, 7) is 4.65. The average Bonchev–Trinajstić information content (AvgIpc) is 3.06. The molecule has 0 spiro atoms. The van der Waals surface area contributed by atoms with Crippen LogP contribution in [0.5, 0.6) is 0 Å². The highest BCUT2D eigenvalue weighted by atomic mass is 16.2. The maximum atomic E-state index is 12.8. The molecule has 144 valence electrons. The van der Waals surface area contributed by atoms with Crippen LogP contribution in [-0.4, -0.2) is 40.5 Å². The van der Waals surface area contributed by atoms with Crippen LogP contribution < -0.4 is 10.6 Å². The van der Waals surface area contributed by atoms with Gasteiger partial charge in [0.1, 0.15) is 0 Å². The number of nitrogens with one attached hydrogen (secondary N) is 2. The molecule has 6 heteroatoms. The van der Waals surface area contributed by atoms with Gasteiger partial charge in [-0.1, -0.05) is 42.0 Å². The first-order valence-corrected chi connectivity index (χ1v) is 10.1. The van der Waals surface area contributed by atoms with E-state index in [1.165, 1.54) is 24.8 Å². The van der Waals surface area contributed by atoms with Crippen LogP contribution >= 0.6 is 0 Å². The lowest BCUT2D eigenvalue weighted by Gasteiger charge is -2.42. The molecule has 0 atom stereocenters. The zero-order valence-electron chi connectivity index (χ0n) is 16.1. The van der Waals surface area contributed by atoms with E-state index in [1.54, 1.807) is 0 Å². The Bertz CT molecular complexity index is 775. The predicted octanol–water partition coefficient (Wildman–Crippen LogP) is 2.65. The quantitative estimate of drug-likeness (QED) is 0.823. The fourth-order valence-corrected chi connectivity index (χ4v) is 4.42. The van der Waals surface area contributed by atoms with Gasteiger partial charge in [-0.3, -0.25) is 4.79 Å². The second-order valence-corrected chi connectivity index (χ2v) is 8.15. The monoisotopic (exact) mass is 367 g/mol. The van der Waals surface area contributed by atoms with Gasteiger partial charge in [-0.05, 0) is 63.1 Å². The number of nitrogens with zero attached hydrogens (tertiary/aromatic N) is 3. The third kappa shape index (κ3) is 3.90. The van der Waals surface area contributed by atoms with E-state index in [4.69, 9.17) is 0 Å². The standard InChI is InChI=1S/C21H29N5O/c1-16-19(24-25-26(16)18-8-12-22-13-9-18)20(27)23-15-21(10-5-11-21)14-17-6-3-2-4-7-17/h2-4,6-7,18,22H,5,8-15H2,1H3,(H,23,27). The number of carbonyl (C=O) groups is 1. The van der Waals surface area contributed by atoms with E-state index in [1.807, 2.05) is 17.7 Å². The fourth-order valence-electron chi connectivity index (χ4n) is 4.42. The predicted molar refractivity (Wildman–Crippen MR) is 105 cm³/mol. The second kappa shape index (κ2) is 7.80. The molecule has 1 aromatic heterocycles. The van der Waals surface area contributed by atoms with Crippen molar-refractivity contribution in [3.05, 3.63) is 47.3 Å². The number of rotatable bonds is 6. The van der Waals surface area contributed by atoms with Crippen LogP contribution in [0.25, 0.3) is 0 Å². The molecule has 1 amide bonds. The minimum Gasteiger partial charge on any atom is -0.350 e. The molecule has 6 nitrogen and oxygen atoms in total. The molecule has 1 saturated heterocycles. The SMILES string of the molecule is Cc1c(C(=O)NCC2(Cc3ccccc3)CCC2)nnn1C1CCNCC1. The van der Waals surface area contributed by atoms with E-state index < -0.39 is 0 Å². The minimum absolute atomic E-state index is 0.0907. The van der Waals surface area contributed by atoms with Crippen molar-refractivity contribution in [3.8, 4) is 0 Å². The highest BCUT2D eigenvalue weighted by Crippen LogP contribution is 2.43. The van der Waals surface area contributed by atoms with Crippen LogP contribution in [-0.2, 0) is 6.42 Å². The van der Waals surface area contributed by atoms with Gasteiger partial charge in [0.2, 0.25) is 0 Å². The van der Waals surface area contributed by atoms with Crippen LogP contribution in [0.2, 0.25) is 0 Å². The Kier molecular flexibility index (Phi) is 5.25. The third-order valence-electron chi connectivity index (χ3n) is 6.26. The van der Waals surface area contributed by atoms with Gasteiger partial charge in [-0.15, -0.1) is 5.10 Å². The fraction of sp³-hybridized carbons (Fsp3) is 0.571. The lowest BCUT2D eigenvalue weighted by molar-refractivity contribution is 0.0854. The van der Waals surface area contributed by atoms with E-state index in [9.17, 15) is 4.79 Å². The number of amides is 1. The Hall–Kier alpha value is -2.21. The van der Waals surface area contributed by atoms with Gasteiger partial charge in [0.15, 0.2) is 5.69 Å². The van der Waals surface area contributed by atoms with E-state index in [-0.39, 0.29) is 11.3 Å². The molecule has 1 aliphatic carbocycles. The molecule has 2 aliphatic rings. The summed E-state index contributed by atoms with van der Waals surface area (Å²) in [6, 6.07) is 10.9. The van der Waals surface area contributed by atoms with Crippen molar-refractivity contribution in [1.29, 1.82) is 0 Å². The summed E-state index contributed by atoms with van der Waals surface area (Å²) in [5, 5.41) is 15.0. The Labute approximate surface area is 160 Å². The van der Waals surface area contributed by atoms with Crippen LogP contribution in [0.4, 0.5) is 0 Å². The van der Waals surface area contributed by atoms with Crippen molar-refractivity contribution in [2.24, 2.45) is 5.41 Å². The summed E-state index contributed by atoms with van der Waals surface area (Å²) in [5.41, 5.74) is 2.89. The molecular formula is C21H29N5O. The summed E-state index contributed by atoms with van der Waals surface area (Å²) < 4.78 is 1.94. The van der Waals surface area contributed by atoms with Crippen LogP contribution in [0.3, 0.4) is 0 Å². The summed E-state index contributed by atoms with van der Waals surface area (Å²) in [4.78, 5) is 12.8. The van der Waals surface area contributed by atoms with Gasteiger partial charge in [-0.2, -0.15) is 0 Å². The average molecular weight is 367 g/mol. The van der Waals surface area contributed by atoms with Crippen molar-refractivity contribution < 1.29 is 4.79 Å². The molecule has 0 radical (unpaired) electrons. The van der Waals surface area contributed by atoms with Gasteiger partial charge in [0.25, 0.3) is 5.91 Å². The van der Waals surface area contributed by atoms with Crippen molar-refractivity contribution in [1.82, 2.24) is 25.6 Å². The zero-order chi connectivity index (χ0) is 18.7. The number of hydrogen-bond donors (Lipinski definition) is 2. The third-order valence-corrected chi connectivity index (χ3v) is 6.26. The molecule has 0 unspecified atom stereocenters. The molecular weight excluding hydrogens is 338 g/mol. The van der Waals surface area contributed by atoms with Crippen molar-refractivity contribution in [2.45, 2.75) is 51.5 Å². The minimum atomic E-state index is -0.0907. The number of aromatic nitrogens is 3. The van der Waals surface area contributed by atoms with E-state index in [2.05, 4.69) is 45.2 Å². The summed E-state index contributed by atoms with van der Waals surface area (Å²) in [6.07, 6.45) is 6.67. The van der Waals surface area contributed by atoms with E-state index in [0.29, 0.717) is 18.3 Å². The van der Waals surface area contributed by atoms with Crippen molar-refractivity contribution >= 4 is 5.91 Å². The van der Waals surface area contributed by atoms with Gasteiger partial charge < -0.3 is 10.6 Å². The van der Waals surface area contributed by atoms with Crippen molar-refractivity contribution in [3.63, 3.8) is 0 Å². The summed E-state index contributed by atoms with van der Waals surface area (Å²) >= 11 is 0. The molecule has 1 saturated carbocycles. The molecule has 1 aromatic carbocycles. The molecule has 1 aliphatic heterocycles. The molecule has 2 heterocycles. The van der Waals surface area contributed by atoms with Gasteiger partial charge >= 0.3 is 0 Å². The second-order valence-electron chi connectivity index (χ2n) is 8.15. The molecule has 4 rings (SSSR count). The highest BCUT2D eigenvalue weighted by Gasteiger charge is 2.37. The first kappa shape index (κ1) is 18.2. The Morgan fingerprint density at radius 1 is 1.26 bits per heavy atom.